The minimum atomic E-state index is 0.0247. The van der Waals surface area contributed by atoms with Crippen molar-refractivity contribution in [1.82, 2.24) is 5.32 Å². The maximum atomic E-state index is 11.7. The van der Waals surface area contributed by atoms with Gasteiger partial charge in [0.15, 0.2) is 0 Å². The zero-order valence-electron chi connectivity index (χ0n) is 10.1. The van der Waals surface area contributed by atoms with Crippen molar-refractivity contribution in [3.05, 3.63) is 21.3 Å². The zero-order valence-corrected chi connectivity index (χ0v) is 11.7. The second-order valence-electron chi connectivity index (χ2n) is 5.17. The van der Waals surface area contributed by atoms with Gasteiger partial charge in [-0.05, 0) is 24.5 Å². The Bertz CT molecular complexity index is 367. The van der Waals surface area contributed by atoms with Crippen LogP contribution >= 0.6 is 22.9 Å². The Morgan fingerprint density at radius 2 is 2.12 bits per heavy atom. The molecular weight excluding hydrogens is 242 g/mol. The van der Waals surface area contributed by atoms with E-state index in [-0.39, 0.29) is 17.4 Å². The fraction of sp³-hybridized carbons (Fsp3) is 0.583. The van der Waals surface area contributed by atoms with Crippen LogP contribution in [0.15, 0.2) is 12.1 Å². The van der Waals surface area contributed by atoms with Crippen LogP contribution in [0.3, 0.4) is 0 Å². The van der Waals surface area contributed by atoms with Crippen LogP contribution in [0.2, 0.25) is 4.34 Å². The van der Waals surface area contributed by atoms with Crippen molar-refractivity contribution in [3.8, 4) is 0 Å². The van der Waals surface area contributed by atoms with E-state index in [1.165, 1.54) is 11.3 Å². The third-order valence-corrected chi connectivity index (χ3v) is 3.50. The highest BCUT2D eigenvalue weighted by Gasteiger charge is 2.18. The lowest BCUT2D eigenvalue weighted by molar-refractivity contribution is -0.123. The average molecular weight is 260 g/mol. The molecule has 1 heterocycles. The molecule has 0 aliphatic carbocycles. The zero-order chi connectivity index (χ0) is 12.3. The number of nitrogens with one attached hydrogen (secondary N) is 1. The van der Waals surface area contributed by atoms with Gasteiger partial charge in [0.25, 0.3) is 0 Å². The quantitative estimate of drug-likeness (QED) is 0.873. The Morgan fingerprint density at radius 3 is 2.56 bits per heavy atom. The molecule has 1 rings (SSSR count). The SMILES string of the molecule is CC(NC(=O)CC(C)(C)C)c1ccc(Cl)s1. The fourth-order valence-corrected chi connectivity index (χ4v) is 2.47. The lowest BCUT2D eigenvalue weighted by atomic mass is 9.92. The highest BCUT2D eigenvalue weighted by Crippen LogP contribution is 2.27. The predicted octanol–water partition coefficient (Wildman–Crippen LogP) is 4.01. The molecule has 90 valence electrons. The average Bonchev–Trinajstić information content (AvgIpc) is 2.47. The van der Waals surface area contributed by atoms with Gasteiger partial charge in [-0.1, -0.05) is 32.4 Å². The van der Waals surface area contributed by atoms with E-state index in [4.69, 9.17) is 11.6 Å². The van der Waals surface area contributed by atoms with E-state index in [0.29, 0.717) is 6.42 Å². The summed E-state index contributed by atoms with van der Waals surface area (Å²) in [5, 5.41) is 2.98. The van der Waals surface area contributed by atoms with Gasteiger partial charge in [-0.25, -0.2) is 0 Å². The molecule has 0 saturated heterocycles. The van der Waals surface area contributed by atoms with Gasteiger partial charge < -0.3 is 5.32 Å². The largest absolute Gasteiger partial charge is 0.349 e. The Kier molecular flexibility index (Phi) is 4.39. The molecule has 0 fully saturated rings. The molecule has 1 N–H and O–H groups in total. The van der Waals surface area contributed by atoms with E-state index in [1.54, 1.807) is 0 Å². The third kappa shape index (κ3) is 4.54. The Hall–Kier alpha value is -0.540. The molecular formula is C12H18ClNOS. The molecule has 0 saturated carbocycles. The molecule has 1 amide bonds. The molecule has 4 heteroatoms. The van der Waals surface area contributed by atoms with Crippen molar-refractivity contribution in [2.24, 2.45) is 5.41 Å². The summed E-state index contributed by atoms with van der Waals surface area (Å²) in [7, 11) is 0. The standard InChI is InChI=1S/C12H18ClNOS/c1-8(9-5-6-10(13)16-9)14-11(15)7-12(2,3)4/h5-6,8H,7H2,1-4H3,(H,14,15). The molecule has 16 heavy (non-hydrogen) atoms. The van der Waals surface area contributed by atoms with E-state index in [9.17, 15) is 4.79 Å². The van der Waals surface area contributed by atoms with Crippen molar-refractivity contribution in [2.45, 2.75) is 40.2 Å². The van der Waals surface area contributed by atoms with Crippen molar-refractivity contribution in [1.29, 1.82) is 0 Å². The molecule has 1 atom stereocenters. The lowest BCUT2D eigenvalue weighted by Gasteiger charge is -2.19. The van der Waals surface area contributed by atoms with E-state index >= 15 is 0 Å². The summed E-state index contributed by atoms with van der Waals surface area (Å²) in [6.07, 6.45) is 0.538. The summed E-state index contributed by atoms with van der Waals surface area (Å²) in [4.78, 5) is 12.8. The molecule has 0 aromatic carbocycles. The Balaban J connectivity index is 2.52. The van der Waals surface area contributed by atoms with Crippen LogP contribution in [-0.2, 0) is 4.79 Å². The number of rotatable bonds is 3. The van der Waals surface area contributed by atoms with Gasteiger partial charge in [0.05, 0.1) is 10.4 Å². The molecule has 1 aromatic rings. The van der Waals surface area contributed by atoms with Crippen LogP contribution in [0.4, 0.5) is 0 Å². The van der Waals surface area contributed by atoms with E-state index in [0.717, 1.165) is 9.21 Å². The van der Waals surface area contributed by atoms with Crippen molar-refractivity contribution >= 4 is 28.8 Å². The fourth-order valence-electron chi connectivity index (χ4n) is 1.41. The van der Waals surface area contributed by atoms with Gasteiger partial charge in [0.1, 0.15) is 0 Å². The number of carbonyl (C=O) groups is 1. The van der Waals surface area contributed by atoms with Crippen LogP contribution < -0.4 is 5.32 Å². The summed E-state index contributed by atoms with van der Waals surface area (Å²) in [5.74, 6) is 0.0875. The Labute approximate surface area is 106 Å². The number of thiophene rings is 1. The Morgan fingerprint density at radius 1 is 1.50 bits per heavy atom. The van der Waals surface area contributed by atoms with Crippen LogP contribution in [0, 0.1) is 5.41 Å². The maximum Gasteiger partial charge on any atom is 0.221 e. The molecule has 0 radical (unpaired) electrons. The van der Waals surface area contributed by atoms with Crippen LogP contribution in [-0.4, -0.2) is 5.91 Å². The predicted molar refractivity (Wildman–Crippen MR) is 70.0 cm³/mol. The van der Waals surface area contributed by atoms with Gasteiger partial charge in [-0.2, -0.15) is 0 Å². The number of amides is 1. The first-order chi connectivity index (χ1) is 7.28. The maximum absolute atomic E-state index is 11.7. The van der Waals surface area contributed by atoms with Crippen LogP contribution in [0.5, 0.6) is 0 Å². The van der Waals surface area contributed by atoms with E-state index in [1.807, 2.05) is 19.1 Å². The van der Waals surface area contributed by atoms with E-state index in [2.05, 4.69) is 26.1 Å². The highest BCUT2D eigenvalue weighted by atomic mass is 35.5. The molecule has 1 aromatic heterocycles. The van der Waals surface area contributed by atoms with Crippen LogP contribution in [0.25, 0.3) is 0 Å². The lowest BCUT2D eigenvalue weighted by Crippen LogP contribution is -2.29. The normalized spacial score (nSPS) is 13.6. The minimum Gasteiger partial charge on any atom is -0.349 e. The van der Waals surface area contributed by atoms with Gasteiger partial charge in [0, 0.05) is 11.3 Å². The summed E-state index contributed by atoms with van der Waals surface area (Å²) in [6.45, 7) is 8.14. The number of hydrogen-bond acceptors (Lipinski definition) is 2. The van der Waals surface area contributed by atoms with Crippen molar-refractivity contribution < 1.29 is 4.79 Å². The van der Waals surface area contributed by atoms with Gasteiger partial charge in [0.2, 0.25) is 5.91 Å². The topological polar surface area (TPSA) is 29.1 Å². The molecule has 0 spiro atoms. The molecule has 0 aliphatic rings. The molecule has 1 unspecified atom stereocenters. The van der Waals surface area contributed by atoms with Gasteiger partial charge in [-0.15, -0.1) is 11.3 Å². The van der Waals surface area contributed by atoms with Gasteiger partial charge >= 0.3 is 0 Å². The number of carbonyl (C=O) groups excluding carboxylic acids is 1. The second kappa shape index (κ2) is 5.19. The summed E-state index contributed by atoms with van der Waals surface area (Å²) in [5.41, 5.74) is 0.0247. The number of hydrogen-bond donors (Lipinski definition) is 1. The number of halogens is 1. The first kappa shape index (κ1) is 13.5. The monoisotopic (exact) mass is 259 g/mol. The van der Waals surface area contributed by atoms with Gasteiger partial charge in [-0.3, -0.25) is 4.79 Å². The van der Waals surface area contributed by atoms with Crippen molar-refractivity contribution in [2.75, 3.05) is 0 Å². The minimum absolute atomic E-state index is 0.0247. The smallest absolute Gasteiger partial charge is 0.221 e. The highest BCUT2D eigenvalue weighted by molar-refractivity contribution is 7.16. The van der Waals surface area contributed by atoms with Crippen LogP contribution in [0.1, 0.15) is 45.0 Å². The first-order valence-corrected chi connectivity index (χ1v) is 6.52. The molecule has 2 nitrogen and oxygen atoms in total. The summed E-state index contributed by atoms with van der Waals surface area (Å²) < 4.78 is 0.756. The summed E-state index contributed by atoms with van der Waals surface area (Å²) in [6, 6.07) is 3.84. The van der Waals surface area contributed by atoms with E-state index < -0.39 is 0 Å². The van der Waals surface area contributed by atoms with Crippen molar-refractivity contribution in [3.63, 3.8) is 0 Å². The summed E-state index contributed by atoms with van der Waals surface area (Å²) >= 11 is 7.36. The first-order valence-electron chi connectivity index (χ1n) is 5.32. The molecule has 0 bridgehead atoms. The third-order valence-electron chi connectivity index (χ3n) is 2.09. The second-order valence-corrected chi connectivity index (χ2v) is 6.92. The molecule has 0 aliphatic heterocycles.